The number of alkyl halides is 17. The molecule has 21 heteroatoms. The summed E-state index contributed by atoms with van der Waals surface area (Å²) in [5.41, 5.74) is -3.49. The van der Waals surface area contributed by atoms with Crippen LogP contribution in [0.15, 0.2) is 11.4 Å². The minimum atomic E-state index is -8.89. The molecule has 0 saturated carbocycles. The molecule has 1 atom stereocenters. The van der Waals surface area contributed by atoms with Crippen molar-refractivity contribution in [2.75, 3.05) is 0 Å². The number of carboxylic acids is 1. The zero-order valence-corrected chi connectivity index (χ0v) is 15.9. The standard InChI is InChI=1S/C14H8F18O3/c1-3(33)2-4(5(15)6(34)35)7(16,17)8(18,19)9(20,21)10(22,23)11(24,25)12(26,27)13(28,29)14(30,31)32/h3,33H,2H2,1H3,(H,34,35). The summed E-state index contributed by atoms with van der Waals surface area (Å²) in [4.78, 5) is 10.4. The molecule has 0 rings (SSSR count). The number of carbonyl (C=O) groups is 1. The SMILES string of the molecule is CC(O)CC(=C(F)C(=O)O)C(F)(F)C(F)(F)C(F)(F)C(F)(F)C(F)(F)C(F)(F)C(F)(F)C(F)(F)F. The summed E-state index contributed by atoms with van der Waals surface area (Å²) < 4.78 is 238. The van der Waals surface area contributed by atoms with Crippen LogP contribution >= 0.6 is 0 Å². The van der Waals surface area contributed by atoms with Gasteiger partial charge in [-0.1, -0.05) is 0 Å². The second-order valence-electron chi connectivity index (χ2n) is 6.67. The molecule has 0 aromatic carbocycles. The molecule has 0 aromatic rings. The van der Waals surface area contributed by atoms with Gasteiger partial charge in [0.25, 0.3) is 0 Å². The van der Waals surface area contributed by atoms with Crippen molar-refractivity contribution < 1.29 is 94.0 Å². The quantitative estimate of drug-likeness (QED) is 0.249. The molecule has 208 valence electrons. The van der Waals surface area contributed by atoms with Gasteiger partial charge in [0.05, 0.1) is 11.7 Å². The van der Waals surface area contributed by atoms with Gasteiger partial charge in [-0.15, -0.1) is 0 Å². The average molecular weight is 566 g/mol. The Bertz CT molecular complexity index is 838. The molecule has 2 N–H and O–H groups in total. The first kappa shape index (κ1) is 32.9. The topological polar surface area (TPSA) is 57.5 Å². The van der Waals surface area contributed by atoms with E-state index in [4.69, 9.17) is 10.2 Å². The van der Waals surface area contributed by atoms with Gasteiger partial charge < -0.3 is 10.2 Å². The minimum absolute atomic E-state index is 0.254. The number of aliphatic carboxylic acids is 1. The third kappa shape index (κ3) is 4.58. The molecule has 0 bridgehead atoms. The van der Waals surface area contributed by atoms with Crippen LogP contribution in [0, 0.1) is 0 Å². The lowest BCUT2D eigenvalue weighted by Gasteiger charge is -2.43. The van der Waals surface area contributed by atoms with Gasteiger partial charge in [0.1, 0.15) is 0 Å². The van der Waals surface area contributed by atoms with E-state index in [-0.39, 0.29) is 6.92 Å². The molecule has 0 aliphatic carbocycles. The van der Waals surface area contributed by atoms with Gasteiger partial charge in [-0.3, -0.25) is 0 Å². The molecule has 0 amide bonds. The third-order valence-electron chi connectivity index (χ3n) is 4.05. The first-order valence-corrected chi connectivity index (χ1v) is 7.93. The van der Waals surface area contributed by atoms with E-state index in [2.05, 4.69) is 0 Å². The lowest BCUT2D eigenvalue weighted by atomic mass is 9.85. The maximum Gasteiger partial charge on any atom is 0.460 e. The van der Waals surface area contributed by atoms with E-state index in [1.54, 1.807) is 0 Å². The molecule has 0 aliphatic rings. The highest BCUT2D eigenvalue weighted by Crippen LogP contribution is 2.64. The Morgan fingerprint density at radius 1 is 0.629 bits per heavy atom. The van der Waals surface area contributed by atoms with Gasteiger partial charge in [-0.2, -0.15) is 79.0 Å². The molecule has 1 unspecified atom stereocenters. The third-order valence-corrected chi connectivity index (χ3v) is 4.05. The van der Waals surface area contributed by atoms with Crippen LogP contribution in [0.2, 0.25) is 0 Å². The lowest BCUT2D eigenvalue weighted by Crippen LogP contribution is -2.74. The highest BCUT2D eigenvalue weighted by Gasteiger charge is 2.95. The van der Waals surface area contributed by atoms with Crippen LogP contribution < -0.4 is 0 Å². The first-order valence-electron chi connectivity index (χ1n) is 7.93. The van der Waals surface area contributed by atoms with Crippen molar-refractivity contribution in [3.8, 4) is 0 Å². The Morgan fingerprint density at radius 3 is 1.17 bits per heavy atom. The second-order valence-corrected chi connectivity index (χ2v) is 6.67. The Morgan fingerprint density at radius 2 is 0.914 bits per heavy atom. The molecular formula is C14H8F18O3. The van der Waals surface area contributed by atoms with E-state index in [1.807, 2.05) is 0 Å². The smallest absolute Gasteiger partial charge is 0.460 e. The number of hydrogen-bond acceptors (Lipinski definition) is 2. The molecule has 0 radical (unpaired) electrons. The number of aliphatic hydroxyl groups excluding tert-OH is 1. The fourth-order valence-corrected chi connectivity index (χ4v) is 2.13. The van der Waals surface area contributed by atoms with E-state index in [1.165, 1.54) is 0 Å². The van der Waals surface area contributed by atoms with Gasteiger partial charge in [-0.25, -0.2) is 4.79 Å². The average Bonchev–Trinajstić information content (AvgIpc) is 2.63. The molecule has 0 heterocycles. The van der Waals surface area contributed by atoms with Crippen molar-refractivity contribution in [3.05, 3.63) is 11.4 Å². The molecule has 0 aromatic heterocycles. The normalized spacial score (nSPS) is 17.3. The van der Waals surface area contributed by atoms with E-state index in [0.29, 0.717) is 0 Å². The molecular weight excluding hydrogens is 558 g/mol. The van der Waals surface area contributed by atoms with Gasteiger partial charge in [-0.05, 0) is 6.92 Å². The number of carboxylic acid groups (broad SMARTS) is 1. The number of halogens is 18. The predicted molar refractivity (Wildman–Crippen MR) is 72.8 cm³/mol. The van der Waals surface area contributed by atoms with Gasteiger partial charge in [0.2, 0.25) is 5.83 Å². The Labute approximate surface area is 180 Å². The Kier molecular flexibility index (Phi) is 8.26. The van der Waals surface area contributed by atoms with Crippen molar-refractivity contribution in [2.45, 2.75) is 67.1 Å². The minimum Gasteiger partial charge on any atom is -0.476 e. The van der Waals surface area contributed by atoms with E-state index in [0.717, 1.165) is 0 Å². The van der Waals surface area contributed by atoms with Crippen molar-refractivity contribution in [2.24, 2.45) is 0 Å². The maximum absolute atomic E-state index is 14.0. The molecule has 0 fully saturated rings. The summed E-state index contributed by atoms with van der Waals surface area (Å²) in [7, 11) is 0. The number of aliphatic hydroxyl groups is 1. The number of rotatable bonds is 10. The summed E-state index contributed by atoms with van der Waals surface area (Å²) >= 11 is 0. The molecule has 0 spiro atoms. The van der Waals surface area contributed by atoms with Crippen molar-refractivity contribution >= 4 is 5.97 Å². The summed E-state index contributed by atoms with van der Waals surface area (Å²) in [5.74, 6) is -66.1. The van der Waals surface area contributed by atoms with Crippen LogP contribution in [0.25, 0.3) is 0 Å². The lowest BCUT2D eigenvalue weighted by molar-refractivity contribution is -0.460. The van der Waals surface area contributed by atoms with Gasteiger partial charge >= 0.3 is 53.6 Å². The van der Waals surface area contributed by atoms with Crippen molar-refractivity contribution in [1.82, 2.24) is 0 Å². The van der Waals surface area contributed by atoms with Crippen LogP contribution in [-0.2, 0) is 4.79 Å². The monoisotopic (exact) mass is 566 g/mol. The first-order chi connectivity index (χ1) is 14.9. The zero-order valence-electron chi connectivity index (χ0n) is 15.9. The highest BCUT2D eigenvalue weighted by molar-refractivity contribution is 5.85. The molecule has 0 saturated heterocycles. The Hall–Kier alpha value is -2.09. The van der Waals surface area contributed by atoms with Crippen molar-refractivity contribution in [3.63, 3.8) is 0 Å². The van der Waals surface area contributed by atoms with Crippen molar-refractivity contribution in [1.29, 1.82) is 0 Å². The van der Waals surface area contributed by atoms with E-state index >= 15 is 0 Å². The number of hydrogen-bond donors (Lipinski definition) is 2. The second kappa shape index (κ2) is 8.79. The largest absolute Gasteiger partial charge is 0.476 e. The van der Waals surface area contributed by atoms with Crippen LogP contribution in [0.5, 0.6) is 0 Å². The summed E-state index contributed by atoms with van der Waals surface area (Å²) in [6.07, 6.45) is -12.9. The Balaban J connectivity index is 7.18. The van der Waals surface area contributed by atoms with Gasteiger partial charge in [0, 0.05) is 6.42 Å². The van der Waals surface area contributed by atoms with Gasteiger partial charge in [0.15, 0.2) is 0 Å². The van der Waals surface area contributed by atoms with Crippen LogP contribution in [0.3, 0.4) is 0 Å². The van der Waals surface area contributed by atoms with Crippen LogP contribution in [0.1, 0.15) is 13.3 Å². The van der Waals surface area contributed by atoms with E-state index in [9.17, 15) is 83.8 Å². The zero-order chi connectivity index (χ0) is 29.0. The molecule has 3 nitrogen and oxygen atoms in total. The fourth-order valence-electron chi connectivity index (χ4n) is 2.13. The van der Waals surface area contributed by atoms with E-state index < -0.39 is 77.5 Å². The summed E-state index contributed by atoms with van der Waals surface area (Å²) in [6, 6.07) is 0. The maximum atomic E-state index is 14.0. The molecule has 0 aliphatic heterocycles. The summed E-state index contributed by atoms with van der Waals surface area (Å²) in [5, 5.41) is 17.1. The predicted octanol–water partition coefficient (Wildman–Crippen LogP) is 6.07. The molecule has 35 heavy (non-hydrogen) atoms. The van der Waals surface area contributed by atoms with Crippen LogP contribution in [0.4, 0.5) is 79.0 Å². The fraction of sp³-hybridized carbons (Fsp3) is 0.786. The summed E-state index contributed by atoms with van der Waals surface area (Å²) in [6.45, 7) is 0.254. The highest BCUT2D eigenvalue weighted by atomic mass is 19.4. The van der Waals surface area contributed by atoms with Crippen LogP contribution in [-0.4, -0.2) is 69.9 Å².